The molecule has 0 saturated heterocycles. The molecular weight excluding hydrogens is 593 g/mol. The molecule has 0 saturated carbocycles. The van der Waals surface area contributed by atoms with Gasteiger partial charge in [0.25, 0.3) is 0 Å². The molecule has 2 heteroatoms. The number of hydrogen-bond donors (Lipinski definition) is 0. The standard InChI is InChI=1S/C47H34N2/c1-47(2)41-18-10-9-17-38(41)39-27-25-36(30-42(39)47)48(33-13-5-3-6-14-33)35-23-20-31(21-24-35)37-28-29-44-46-40(37)26-22-32-12-11-19-43(45(32)46)49(44)34-15-7-4-8-16-34/h3-30H,1-2H3. The molecule has 0 unspecified atom stereocenters. The van der Waals surface area contributed by atoms with E-state index in [9.17, 15) is 0 Å². The summed E-state index contributed by atoms with van der Waals surface area (Å²) >= 11 is 0. The highest BCUT2D eigenvalue weighted by molar-refractivity contribution is 6.26. The quantitative estimate of drug-likeness (QED) is 0.173. The number of hydrogen-bond acceptors (Lipinski definition) is 1. The van der Waals surface area contributed by atoms with Crippen molar-refractivity contribution in [1.82, 2.24) is 4.57 Å². The van der Waals surface area contributed by atoms with E-state index >= 15 is 0 Å². The van der Waals surface area contributed by atoms with Crippen molar-refractivity contribution in [3.05, 3.63) is 181 Å². The Morgan fingerprint density at radius 1 is 0.449 bits per heavy atom. The van der Waals surface area contributed by atoms with Gasteiger partial charge >= 0.3 is 0 Å². The van der Waals surface area contributed by atoms with Gasteiger partial charge in [0.15, 0.2) is 0 Å². The topological polar surface area (TPSA) is 8.17 Å². The summed E-state index contributed by atoms with van der Waals surface area (Å²) < 4.78 is 2.41. The van der Waals surface area contributed by atoms with Crippen LogP contribution in [0.2, 0.25) is 0 Å². The van der Waals surface area contributed by atoms with E-state index in [4.69, 9.17) is 0 Å². The molecule has 1 aliphatic rings. The molecule has 49 heavy (non-hydrogen) atoms. The Labute approximate surface area is 286 Å². The first-order valence-electron chi connectivity index (χ1n) is 17.1. The number of para-hydroxylation sites is 2. The first-order chi connectivity index (χ1) is 24.1. The predicted octanol–water partition coefficient (Wildman–Crippen LogP) is 12.8. The average molecular weight is 627 g/mol. The van der Waals surface area contributed by atoms with Crippen LogP contribution in [-0.2, 0) is 5.41 Å². The van der Waals surface area contributed by atoms with Crippen molar-refractivity contribution >= 4 is 49.6 Å². The second-order valence-corrected chi connectivity index (χ2v) is 13.8. The van der Waals surface area contributed by atoms with E-state index in [0.29, 0.717) is 0 Å². The Morgan fingerprint density at radius 3 is 1.92 bits per heavy atom. The van der Waals surface area contributed by atoms with Gasteiger partial charge in [0.2, 0.25) is 0 Å². The maximum atomic E-state index is 2.41. The lowest BCUT2D eigenvalue weighted by Crippen LogP contribution is -2.16. The third-order valence-electron chi connectivity index (χ3n) is 10.8. The van der Waals surface area contributed by atoms with E-state index in [1.807, 2.05) is 0 Å². The smallest absolute Gasteiger partial charge is 0.0547 e. The molecule has 0 spiro atoms. The fraction of sp³-hybridized carbons (Fsp3) is 0.0638. The van der Waals surface area contributed by atoms with Crippen LogP contribution in [-0.4, -0.2) is 4.57 Å². The van der Waals surface area contributed by atoms with Crippen LogP contribution in [0.15, 0.2) is 170 Å². The number of benzene rings is 8. The Balaban J connectivity index is 1.10. The first kappa shape index (κ1) is 27.9. The van der Waals surface area contributed by atoms with Crippen molar-refractivity contribution in [3.8, 4) is 27.9 Å². The molecule has 9 aromatic rings. The number of anilines is 3. The van der Waals surface area contributed by atoms with Crippen LogP contribution in [0.4, 0.5) is 17.1 Å². The minimum Gasteiger partial charge on any atom is -0.310 e. The summed E-state index contributed by atoms with van der Waals surface area (Å²) in [5.41, 5.74) is 15.0. The minimum absolute atomic E-state index is 0.0643. The van der Waals surface area contributed by atoms with Gasteiger partial charge in [-0.05, 0) is 105 Å². The van der Waals surface area contributed by atoms with Crippen LogP contribution in [0.5, 0.6) is 0 Å². The van der Waals surface area contributed by atoms with Crippen LogP contribution in [0.1, 0.15) is 25.0 Å². The molecule has 8 aromatic carbocycles. The molecule has 0 amide bonds. The van der Waals surface area contributed by atoms with E-state index in [1.54, 1.807) is 0 Å². The molecule has 0 bridgehead atoms. The van der Waals surface area contributed by atoms with Crippen LogP contribution in [0, 0.1) is 0 Å². The molecule has 0 atom stereocenters. The largest absolute Gasteiger partial charge is 0.310 e. The van der Waals surface area contributed by atoms with Gasteiger partial charge in [0.1, 0.15) is 0 Å². The summed E-state index contributed by atoms with van der Waals surface area (Å²) in [6.45, 7) is 4.70. The molecule has 1 aliphatic carbocycles. The molecule has 0 radical (unpaired) electrons. The maximum absolute atomic E-state index is 2.41. The van der Waals surface area contributed by atoms with Gasteiger partial charge < -0.3 is 9.47 Å². The molecule has 0 aliphatic heterocycles. The highest BCUT2D eigenvalue weighted by Crippen LogP contribution is 2.51. The fourth-order valence-electron chi connectivity index (χ4n) is 8.44. The Kier molecular flexibility index (Phi) is 5.95. The summed E-state index contributed by atoms with van der Waals surface area (Å²) in [5.74, 6) is 0. The van der Waals surface area contributed by atoms with E-state index < -0.39 is 0 Å². The zero-order chi connectivity index (χ0) is 32.7. The average Bonchev–Trinajstić information content (AvgIpc) is 3.61. The number of fused-ring (bicyclic) bond motifs is 3. The summed E-state index contributed by atoms with van der Waals surface area (Å²) in [6, 6.07) is 62.3. The number of aromatic nitrogens is 1. The third-order valence-corrected chi connectivity index (χ3v) is 10.8. The van der Waals surface area contributed by atoms with E-state index in [2.05, 4.69) is 193 Å². The van der Waals surface area contributed by atoms with Crippen LogP contribution in [0.3, 0.4) is 0 Å². The first-order valence-corrected chi connectivity index (χ1v) is 17.1. The molecule has 2 nitrogen and oxygen atoms in total. The van der Waals surface area contributed by atoms with E-state index in [-0.39, 0.29) is 5.41 Å². The fourth-order valence-corrected chi connectivity index (χ4v) is 8.44. The van der Waals surface area contributed by atoms with Gasteiger partial charge in [0, 0.05) is 38.9 Å². The SMILES string of the molecule is CC1(C)c2ccccc2-c2ccc(N(c3ccccc3)c3ccc(-c4ccc5c6c4ccc4cccc(c46)n5-c4ccccc4)cc3)cc21. The zero-order valence-corrected chi connectivity index (χ0v) is 27.6. The van der Waals surface area contributed by atoms with E-state index in [0.717, 1.165) is 11.4 Å². The van der Waals surface area contributed by atoms with Crippen molar-refractivity contribution in [1.29, 1.82) is 0 Å². The van der Waals surface area contributed by atoms with Crippen molar-refractivity contribution in [2.75, 3.05) is 4.90 Å². The van der Waals surface area contributed by atoms with Crippen molar-refractivity contribution < 1.29 is 0 Å². The van der Waals surface area contributed by atoms with Gasteiger partial charge in [-0.15, -0.1) is 0 Å². The van der Waals surface area contributed by atoms with Gasteiger partial charge in [-0.2, -0.15) is 0 Å². The monoisotopic (exact) mass is 626 g/mol. The van der Waals surface area contributed by atoms with Crippen molar-refractivity contribution in [2.24, 2.45) is 0 Å². The minimum atomic E-state index is -0.0643. The van der Waals surface area contributed by atoms with Gasteiger partial charge in [0.05, 0.1) is 11.0 Å². The Hall–Kier alpha value is -6.12. The predicted molar refractivity (Wildman–Crippen MR) is 207 cm³/mol. The van der Waals surface area contributed by atoms with Crippen LogP contribution >= 0.6 is 0 Å². The number of rotatable bonds is 5. The van der Waals surface area contributed by atoms with Gasteiger partial charge in [-0.3, -0.25) is 0 Å². The van der Waals surface area contributed by atoms with Crippen LogP contribution in [0.25, 0.3) is 60.5 Å². The highest BCUT2D eigenvalue weighted by atomic mass is 15.1. The number of nitrogens with zero attached hydrogens (tertiary/aromatic N) is 2. The summed E-state index contributed by atoms with van der Waals surface area (Å²) in [6.07, 6.45) is 0. The van der Waals surface area contributed by atoms with Gasteiger partial charge in [-0.25, -0.2) is 0 Å². The Bertz CT molecular complexity index is 2660. The lowest BCUT2D eigenvalue weighted by molar-refractivity contribution is 0.660. The summed E-state index contributed by atoms with van der Waals surface area (Å²) in [4.78, 5) is 2.38. The molecule has 232 valence electrons. The molecule has 1 aromatic heterocycles. The third kappa shape index (κ3) is 4.07. The van der Waals surface area contributed by atoms with Crippen molar-refractivity contribution in [3.63, 3.8) is 0 Å². The summed E-state index contributed by atoms with van der Waals surface area (Å²) in [7, 11) is 0. The lowest BCUT2D eigenvalue weighted by atomic mass is 9.82. The van der Waals surface area contributed by atoms with E-state index in [1.165, 1.54) is 77.3 Å². The Morgan fingerprint density at radius 2 is 1.10 bits per heavy atom. The van der Waals surface area contributed by atoms with Crippen molar-refractivity contribution in [2.45, 2.75) is 19.3 Å². The molecule has 0 N–H and O–H groups in total. The molecule has 10 rings (SSSR count). The molecular formula is C47H34N2. The highest BCUT2D eigenvalue weighted by Gasteiger charge is 2.35. The van der Waals surface area contributed by atoms with Crippen LogP contribution < -0.4 is 4.90 Å². The second kappa shape index (κ2) is 10.4. The normalized spacial score (nSPS) is 13.3. The zero-order valence-electron chi connectivity index (χ0n) is 27.6. The summed E-state index contributed by atoms with van der Waals surface area (Å²) in [5, 5.41) is 5.21. The lowest BCUT2D eigenvalue weighted by Gasteiger charge is -2.28. The molecule has 0 fully saturated rings. The second-order valence-electron chi connectivity index (χ2n) is 13.8. The molecule has 1 heterocycles. The van der Waals surface area contributed by atoms with Gasteiger partial charge in [-0.1, -0.05) is 123 Å². The maximum Gasteiger partial charge on any atom is 0.0547 e.